The van der Waals surface area contributed by atoms with Crippen LogP contribution in [-0.2, 0) is 20.4 Å². The lowest BCUT2D eigenvalue weighted by molar-refractivity contribution is -0.131. The lowest BCUT2D eigenvalue weighted by atomic mass is 9.78. The van der Waals surface area contributed by atoms with Crippen LogP contribution in [0.25, 0.3) is 0 Å². The molecule has 1 rings (SSSR count). The molecule has 0 aliphatic heterocycles. The van der Waals surface area contributed by atoms with Gasteiger partial charge in [0.2, 0.25) is 0 Å². The summed E-state index contributed by atoms with van der Waals surface area (Å²) in [5.41, 5.74) is 1.62. The van der Waals surface area contributed by atoms with Crippen LogP contribution in [-0.4, -0.2) is 28.8 Å². The van der Waals surface area contributed by atoms with Crippen molar-refractivity contribution in [2.24, 2.45) is 0 Å². The van der Waals surface area contributed by atoms with Crippen molar-refractivity contribution in [2.75, 3.05) is 6.61 Å². The SMILES string of the molecule is C=CC(=O)O.CCCCCCCCCCCCCCCCOC(=O)c1cc(C(C)(C)C)c(O)c(C(C)(C)C)c1. The van der Waals surface area contributed by atoms with E-state index >= 15 is 0 Å². The third-order valence-corrected chi connectivity index (χ3v) is 6.87. The van der Waals surface area contributed by atoms with E-state index in [9.17, 15) is 14.7 Å². The maximum atomic E-state index is 12.7. The minimum Gasteiger partial charge on any atom is -0.507 e. The van der Waals surface area contributed by atoms with Crippen molar-refractivity contribution in [3.63, 3.8) is 0 Å². The third-order valence-electron chi connectivity index (χ3n) is 6.87. The van der Waals surface area contributed by atoms with Crippen LogP contribution in [0.4, 0.5) is 0 Å². The molecule has 0 unspecified atom stereocenters. The average Bonchev–Trinajstić information content (AvgIpc) is 2.85. The largest absolute Gasteiger partial charge is 0.507 e. The van der Waals surface area contributed by atoms with E-state index in [-0.39, 0.29) is 16.8 Å². The van der Waals surface area contributed by atoms with Crippen molar-refractivity contribution in [1.29, 1.82) is 0 Å². The number of carbonyl (C=O) groups is 2. The molecule has 0 aliphatic rings. The summed E-state index contributed by atoms with van der Waals surface area (Å²) in [6.07, 6.45) is 19.2. The highest BCUT2D eigenvalue weighted by Crippen LogP contribution is 2.39. The number of carboxylic acids is 1. The molecule has 0 radical (unpaired) electrons. The van der Waals surface area contributed by atoms with Gasteiger partial charge in [-0.2, -0.15) is 0 Å². The van der Waals surface area contributed by atoms with E-state index in [0.717, 1.165) is 30.0 Å². The molecular formula is C34H58O5. The summed E-state index contributed by atoms with van der Waals surface area (Å²) >= 11 is 0. The Labute approximate surface area is 239 Å². The number of hydrogen-bond acceptors (Lipinski definition) is 4. The van der Waals surface area contributed by atoms with Gasteiger partial charge < -0.3 is 14.9 Å². The number of carbonyl (C=O) groups excluding carboxylic acids is 1. The first-order valence-electron chi connectivity index (χ1n) is 15.2. The normalized spacial score (nSPS) is 11.5. The van der Waals surface area contributed by atoms with Crippen LogP contribution in [0.5, 0.6) is 5.75 Å². The molecule has 1 aromatic carbocycles. The van der Waals surface area contributed by atoms with Crippen molar-refractivity contribution in [2.45, 2.75) is 149 Å². The second kappa shape index (κ2) is 19.7. The van der Waals surface area contributed by atoms with E-state index in [1.807, 2.05) is 0 Å². The van der Waals surface area contributed by atoms with Crippen molar-refractivity contribution in [1.82, 2.24) is 0 Å². The first-order chi connectivity index (χ1) is 18.3. The highest BCUT2D eigenvalue weighted by molar-refractivity contribution is 5.90. The number of unbranched alkanes of at least 4 members (excludes halogenated alkanes) is 13. The van der Waals surface area contributed by atoms with Crippen LogP contribution >= 0.6 is 0 Å². The topological polar surface area (TPSA) is 83.8 Å². The number of ether oxygens (including phenoxy) is 1. The lowest BCUT2D eigenvalue weighted by Crippen LogP contribution is -2.19. The average molecular weight is 547 g/mol. The van der Waals surface area contributed by atoms with Gasteiger partial charge in [-0.15, -0.1) is 0 Å². The molecule has 0 bridgehead atoms. The Morgan fingerprint density at radius 2 is 1.08 bits per heavy atom. The molecule has 0 spiro atoms. The first-order valence-corrected chi connectivity index (χ1v) is 15.2. The summed E-state index contributed by atoms with van der Waals surface area (Å²) in [5, 5.41) is 18.4. The fraction of sp³-hybridized carbons (Fsp3) is 0.706. The van der Waals surface area contributed by atoms with Crippen molar-refractivity contribution >= 4 is 11.9 Å². The maximum Gasteiger partial charge on any atom is 0.338 e. The molecule has 0 atom stereocenters. The fourth-order valence-electron chi connectivity index (χ4n) is 4.44. The minimum atomic E-state index is -0.981. The molecule has 0 amide bonds. The Hall–Kier alpha value is -2.30. The number of aliphatic carboxylic acids is 1. The Morgan fingerprint density at radius 1 is 0.744 bits per heavy atom. The van der Waals surface area contributed by atoms with Crippen LogP contribution in [0, 0.1) is 0 Å². The number of phenolic OH excluding ortho intramolecular Hbond substituents is 1. The van der Waals surface area contributed by atoms with Crippen LogP contribution in [0.3, 0.4) is 0 Å². The Bertz CT molecular complexity index is 807. The Balaban J connectivity index is 0.00000263. The van der Waals surface area contributed by atoms with Gasteiger partial charge in [0.15, 0.2) is 0 Å². The van der Waals surface area contributed by atoms with Crippen LogP contribution in [0.15, 0.2) is 24.8 Å². The standard InChI is InChI=1S/C31H54O3.C3H4O2/c1-8-9-10-11-12-13-14-15-16-17-18-19-20-21-22-34-29(33)25-23-26(30(2,3)4)28(32)27(24-25)31(5,6)7;1-2-3(4)5/h23-24,32H,8-22H2,1-7H3;2H,1H2,(H,4,5). The van der Waals surface area contributed by atoms with Gasteiger partial charge in [0.1, 0.15) is 5.75 Å². The molecule has 0 heterocycles. The van der Waals surface area contributed by atoms with Crippen LogP contribution in [0.1, 0.15) is 160 Å². The van der Waals surface area contributed by atoms with E-state index in [0.29, 0.717) is 17.9 Å². The van der Waals surface area contributed by atoms with E-state index in [1.54, 1.807) is 12.1 Å². The number of esters is 1. The number of phenols is 1. The van der Waals surface area contributed by atoms with E-state index in [4.69, 9.17) is 9.84 Å². The molecule has 0 saturated heterocycles. The molecule has 0 saturated carbocycles. The highest BCUT2D eigenvalue weighted by Gasteiger charge is 2.28. The zero-order chi connectivity index (χ0) is 29.9. The van der Waals surface area contributed by atoms with Crippen LogP contribution < -0.4 is 0 Å². The van der Waals surface area contributed by atoms with Gasteiger partial charge >= 0.3 is 11.9 Å². The summed E-state index contributed by atoms with van der Waals surface area (Å²) in [6.45, 7) is 18.0. The number of hydrogen-bond donors (Lipinski definition) is 2. The van der Waals surface area contributed by atoms with Gasteiger partial charge in [-0.3, -0.25) is 0 Å². The number of rotatable bonds is 17. The molecule has 0 aromatic heterocycles. The fourth-order valence-corrected chi connectivity index (χ4v) is 4.44. The van der Waals surface area contributed by atoms with E-state index in [2.05, 4.69) is 55.0 Å². The van der Waals surface area contributed by atoms with Gasteiger partial charge in [-0.1, -0.05) is 139 Å². The number of carboxylic acid groups (broad SMARTS) is 1. The quantitative estimate of drug-likeness (QED) is 0.115. The summed E-state index contributed by atoms with van der Waals surface area (Å²) in [5.74, 6) is -0.973. The van der Waals surface area contributed by atoms with Crippen molar-refractivity contribution < 1.29 is 24.5 Å². The lowest BCUT2D eigenvalue weighted by Gasteiger charge is -2.28. The van der Waals surface area contributed by atoms with Crippen molar-refractivity contribution in [3.8, 4) is 5.75 Å². The molecule has 1 aromatic rings. The zero-order valence-electron chi connectivity index (χ0n) is 26.2. The molecule has 224 valence electrons. The number of aromatic hydroxyl groups is 1. The minimum absolute atomic E-state index is 0.255. The van der Waals surface area contributed by atoms with Gasteiger partial charge in [0.05, 0.1) is 12.2 Å². The third kappa shape index (κ3) is 17.1. The summed E-state index contributed by atoms with van der Waals surface area (Å²) in [4.78, 5) is 22.0. The predicted octanol–water partition coefficient (Wildman–Crippen LogP) is 9.88. The predicted molar refractivity (Wildman–Crippen MR) is 164 cm³/mol. The first kappa shape index (κ1) is 36.7. The second-order valence-corrected chi connectivity index (χ2v) is 12.7. The van der Waals surface area contributed by atoms with E-state index in [1.165, 1.54) is 77.0 Å². The van der Waals surface area contributed by atoms with Crippen molar-refractivity contribution in [3.05, 3.63) is 41.5 Å². The highest BCUT2D eigenvalue weighted by atomic mass is 16.5. The Morgan fingerprint density at radius 3 is 1.38 bits per heavy atom. The van der Waals surface area contributed by atoms with Gasteiger partial charge in [0, 0.05) is 17.2 Å². The van der Waals surface area contributed by atoms with Gasteiger partial charge in [-0.05, 0) is 29.4 Å². The molecule has 2 N–H and O–H groups in total. The molecule has 0 aliphatic carbocycles. The molecule has 0 fully saturated rings. The van der Waals surface area contributed by atoms with E-state index < -0.39 is 5.97 Å². The zero-order valence-corrected chi connectivity index (χ0v) is 26.2. The molecule has 5 nitrogen and oxygen atoms in total. The summed E-state index contributed by atoms with van der Waals surface area (Å²) in [7, 11) is 0. The summed E-state index contributed by atoms with van der Waals surface area (Å²) in [6, 6.07) is 3.61. The Kier molecular flexibility index (Phi) is 18.5. The summed E-state index contributed by atoms with van der Waals surface area (Å²) < 4.78 is 5.59. The smallest absolute Gasteiger partial charge is 0.338 e. The maximum absolute atomic E-state index is 12.7. The van der Waals surface area contributed by atoms with Crippen LogP contribution in [0.2, 0.25) is 0 Å². The molecule has 5 heteroatoms. The molecule has 39 heavy (non-hydrogen) atoms. The number of benzene rings is 1. The van der Waals surface area contributed by atoms with Gasteiger partial charge in [0.25, 0.3) is 0 Å². The molecular weight excluding hydrogens is 488 g/mol. The second-order valence-electron chi connectivity index (χ2n) is 12.7. The monoisotopic (exact) mass is 546 g/mol. The van der Waals surface area contributed by atoms with Gasteiger partial charge in [-0.25, -0.2) is 9.59 Å².